The molecule has 0 saturated heterocycles. The highest BCUT2D eigenvalue weighted by Gasteiger charge is 2.22. The van der Waals surface area contributed by atoms with Gasteiger partial charge in [-0.3, -0.25) is 4.79 Å². The summed E-state index contributed by atoms with van der Waals surface area (Å²) in [5.41, 5.74) is 3.58. The van der Waals surface area contributed by atoms with E-state index in [9.17, 15) is 4.79 Å². The lowest BCUT2D eigenvalue weighted by Crippen LogP contribution is -2.13. The van der Waals surface area contributed by atoms with Crippen LogP contribution in [0.15, 0.2) is 54.6 Å². The molecule has 3 rings (SSSR count). The van der Waals surface area contributed by atoms with Crippen LogP contribution in [0, 0.1) is 6.92 Å². The van der Waals surface area contributed by atoms with E-state index in [0.29, 0.717) is 6.61 Å². The number of methoxy groups -OCH3 is 1. The maximum Gasteiger partial charge on any atom is 0.195 e. The zero-order valence-corrected chi connectivity index (χ0v) is 13.7. The van der Waals surface area contributed by atoms with Gasteiger partial charge in [0.15, 0.2) is 5.78 Å². The number of benzene rings is 2. The van der Waals surface area contributed by atoms with Gasteiger partial charge in [0, 0.05) is 29.3 Å². The standard InChI is InChI=1S/C20H21NO2/c1-14(13-23-3)21-15(2)19(17-11-7-8-12-18(17)21)20(22)16-9-5-4-6-10-16/h4-12,14H,13H2,1-3H3/t14-/m0/s1. The molecule has 3 nitrogen and oxygen atoms in total. The van der Waals surface area contributed by atoms with Gasteiger partial charge < -0.3 is 9.30 Å². The normalized spacial score (nSPS) is 12.5. The highest BCUT2D eigenvalue weighted by molar-refractivity contribution is 6.17. The van der Waals surface area contributed by atoms with E-state index in [1.54, 1.807) is 7.11 Å². The van der Waals surface area contributed by atoms with Crippen LogP contribution in [-0.4, -0.2) is 24.1 Å². The van der Waals surface area contributed by atoms with Gasteiger partial charge in [-0.25, -0.2) is 0 Å². The van der Waals surface area contributed by atoms with Gasteiger partial charge in [-0.1, -0.05) is 48.5 Å². The molecule has 3 aromatic rings. The first-order chi connectivity index (χ1) is 11.1. The van der Waals surface area contributed by atoms with Crippen molar-refractivity contribution in [1.82, 2.24) is 4.57 Å². The fourth-order valence-corrected chi connectivity index (χ4v) is 3.30. The maximum absolute atomic E-state index is 13.0. The number of fused-ring (bicyclic) bond motifs is 1. The van der Waals surface area contributed by atoms with Crippen LogP contribution in [0.4, 0.5) is 0 Å². The molecule has 0 amide bonds. The Morgan fingerprint density at radius 1 is 1.09 bits per heavy atom. The zero-order valence-electron chi connectivity index (χ0n) is 13.7. The van der Waals surface area contributed by atoms with Gasteiger partial charge in [-0.2, -0.15) is 0 Å². The average Bonchev–Trinajstić information content (AvgIpc) is 2.87. The van der Waals surface area contributed by atoms with Crippen molar-refractivity contribution in [3.63, 3.8) is 0 Å². The minimum absolute atomic E-state index is 0.0719. The monoisotopic (exact) mass is 307 g/mol. The number of ketones is 1. The summed E-state index contributed by atoms with van der Waals surface area (Å²) in [6.07, 6.45) is 0. The Labute approximate surface area is 136 Å². The van der Waals surface area contributed by atoms with Crippen LogP contribution in [0.25, 0.3) is 10.9 Å². The lowest BCUT2D eigenvalue weighted by atomic mass is 10.0. The number of ether oxygens (including phenoxy) is 1. The Morgan fingerprint density at radius 2 is 1.74 bits per heavy atom. The van der Waals surface area contributed by atoms with Gasteiger partial charge in [0.25, 0.3) is 0 Å². The van der Waals surface area contributed by atoms with Crippen LogP contribution in [0.2, 0.25) is 0 Å². The number of rotatable bonds is 5. The van der Waals surface area contributed by atoms with Crippen molar-refractivity contribution < 1.29 is 9.53 Å². The molecule has 0 N–H and O–H groups in total. The van der Waals surface area contributed by atoms with Crippen molar-refractivity contribution in [2.75, 3.05) is 13.7 Å². The van der Waals surface area contributed by atoms with Gasteiger partial charge in [-0.05, 0) is 19.9 Å². The number of nitrogens with zero attached hydrogens (tertiary/aromatic N) is 1. The van der Waals surface area contributed by atoms with Gasteiger partial charge in [0.05, 0.1) is 18.2 Å². The van der Waals surface area contributed by atoms with E-state index in [0.717, 1.165) is 27.7 Å². The third-order valence-corrected chi connectivity index (χ3v) is 4.27. The predicted octanol–water partition coefficient (Wildman–Crippen LogP) is 4.39. The molecule has 0 radical (unpaired) electrons. The van der Waals surface area contributed by atoms with E-state index in [2.05, 4.69) is 17.6 Å². The molecule has 0 fully saturated rings. The quantitative estimate of drug-likeness (QED) is 0.655. The molecule has 1 atom stereocenters. The van der Waals surface area contributed by atoms with Crippen molar-refractivity contribution >= 4 is 16.7 Å². The first-order valence-corrected chi connectivity index (χ1v) is 7.83. The number of carbonyl (C=O) groups is 1. The SMILES string of the molecule is COC[C@H](C)n1c(C)c(C(=O)c2ccccc2)c2ccccc21. The Bertz CT molecular complexity index is 833. The third-order valence-electron chi connectivity index (χ3n) is 4.27. The zero-order chi connectivity index (χ0) is 16.4. The van der Waals surface area contributed by atoms with Crippen LogP contribution in [0.5, 0.6) is 0 Å². The van der Waals surface area contributed by atoms with E-state index < -0.39 is 0 Å². The average molecular weight is 307 g/mol. The number of hydrogen-bond acceptors (Lipinski definition) is 2. The molecule has 0 bridgehead atoms. The molecule has 3 heteroatoms. The minimum Gasteiger partial charge on any atom is -0.383 e. The molecule has 23 heavy (non-hydrogen) atoms. The van der Waals surface area contributed by atoms with Crippen LogP contribution >= 0.6 is 0 Å². The van der Waals surface area contributed by atoms with Gasteiger partial charge >= 0.3 is 0 Å². The molecule has 2 aromatic carbocycles. The minimum atomic E-state index is 0.0719. The first-order valence-electron chi connectivity index (χ1n) is 7.83. The molecule has 0 aliphatic carbocycles. The molecule has 0 unspecified atom stereocenters. The largest absolute Gasteiger partial charge is 0.383 e. The third kappa shape index (κ3) is 2.68. The second-order valence-electron chi connectivity index (χ2n) is 5.85. The smallest absolute Gasteiger partial charge is 0.195 e. The summed E-state index contributed by atoms with van der Waals surface area (Å²) in [6.45, 7) is 4.74. The summed E-state index contributed by atoms with van der Waals surface area (Å²) >= 11 is 0. The van der Waals surface area contributed by atoms with Crippen molar-refractivity contribution in [3.05, 3.63) is 71.4 Å². The van der Waals surface area contributed by atoms with E-state index in [1.165, 1.54) is 0 Å². The van der Waals surface area contributed by atoms with E-state index in [4.69, 9.17) is 4.74 Å². The highest BCUT2D eigenvalue weighted by atomic mass is 16.5. The second-order valence-corrected chi connectivity index (χ2v) is 5.85. The molecule has 1 heterocycles. The topological polar surface area (TPSA) is 31.2 Å². The van der Waals surface area contributed by atoms with Crippen molar-refractivity contribution in [3.8, 4) is 0 Å². The van der Waals surface area contributed by atoms with E-state index in [1.807, 2.05) is 55.5 Å². The highest BCUT2D eigenvalue weighted by Crippen LogP contribution is 2.30. The van der Waals surface area contributed by atoms with Crippen LogP contribution in [0.3, 0.4) is 0 Å². The fraction of sp³-hybridized carbons (Fsp3) is 0.250. The second kappa shape index (κ2) is 6.39. The molecule has 0 saturated carbocycles. The molecule has 1 aromatic heterocycles. The fourth-order valence-electron chi connectivity index (χ4n) is 3.30. The number of hydrogen-bond donors (Lipinski definition) is 0. The summed E-state index contributed by atoms with van der Waals surface area (Å²) in [4.78, 5) is 13.0. The molecule has 0 aliphatic rings. The molecule has 0 aliphatic heterocycles. The Kier molecular flexibility index (Phi) is 4.30. The first kappa shape index (κ1) is 15.5. The Morgan fingerprint density at radius 3 is 2.43 bits per heavy atom. The number of para-hydroxylation sites is 1. The Hall–Kier alpha value is -2.39. The van der Waals surface area contributed by atoms with Gasteiger partial charge in [0.1, 0.15) is 0 Å². The Balaban J connectivity index is 2.22. The summed E-state index contributed by atoms with van der Waals surface area (Å²) in [5, 5.41) is 1.00. The predicted molar refractivity (Wildman–Crippen MR) is 93.1 cm³/mol. The van der Waals surface area contributed by atoms with E-state index >= 15 is 0 Å². The van der Waals surface area contributed by atoms with Crippen molar-refractivity contribution in [1.29, 1.82) is 0 Å². The lowest BCUT2D eigenvalue weighted by molar-refractivity contribution is 0.103. The van der Waals surface area contributed by atoms with Crippen molar-refractivity contribution in [2.45, 2.75) is 19.9 Å². The number of aromatic nitrogens is 1. The molecular formula is C20H21NO2. The summed E-state index contributed by atoms with van der Waals surface area (Å²) in [5.74, 6) is 0.0719. The summed E-state index contributed by atoms with van der Waals surface area (Å²) in [6, 6.07) is 17.7. The molecule has 118 valence electrons. The van der Waals surface area contributed by atoms with Crippen LogP contribution < -0.4 is 0 Å². The van der Waals surface area contributed by atoms with Gasteiger partial charge in [0.2, 0.25) is 0 Å². The molecular weight excluding hydrogens is 286 g/mol. The van der Waals surface area contributed by atoms with Crippen molar-refractivity contribution in [2.24, 2.45) is 0 Å². The lowest BCUT2D eigenvalue weighted by Gasteiger charge is -2.16. The van der Waals surface area contributed by atoms with Crippen LogP contribution in [0.1, 0.15) is 34.6 Å². The number of carbonyl (C=O) groups excluding carboxylic acids is 1. The van der Waals surface area contributed by atoms with Gasteiger partial charge in [-0.15, -0.1) is 0 Å². The van der Waals surface area contributed by atoms with E-state index in [-0.39, 0.29) is 11.8 Å². The molecule has 0 spiro atoms. The summed E-state index contributed by atoms with van der Waals surface area (Å²) in [7, 11) is 1.70. The summed E-state index contributed by atoms with van der Waals surface area (Å²) < 4.78 is 7.51. The van der Waals surface area contributed by atoms with Crippen LogP contribution in [-0.2, 0) is 4.74 Å². The maximum atomic E-state index is 13.0.